The predicted molar refractivity (Wildman–Crippen MR) is 131 cm³/mol. The first-order chi connectivity index (χ1) is 17.2. The van der Waals surface area contributed by atoms with Crippen LogP contribution in [0.5, 0.6) is 11.5 Å². The summed E-state index contributed by atoms with van der Waals surface area (Å²) in [5.41, 5.74) is 5.70. The molecule has 186 valence electrons. The van der Waals surface area contributed by atoms with Crippen molar-refractivity contribution in [3.05, 3.63) is 86.0 Å². The highest BCUT2D eigenvalue weighted by Gasteiger charge is 2.24. The van der Waals surface area contributed by atoms with Crippen LogP contribution in [0.15, 0.2) is 52.6 Å². The molecule has 0 amide bonds. The van der Waals surface area contributed by atoms with Crippen molar-refractivity contribution in [2.45, 2.75) is 6.04 Å². The van der Waals surface area contributed by atoms with Gasteiger partial charge in [-0.2, -0.15) is 4.68 Å². The van der Waals surface area contributed by atoms with Crippen LogP contribution in [-0.4, -0.2) is 45.9 Å². The minimum Gasteiger partial charge on any atom is -0.493 e. The van der Waals surface area contributed by atoms with Crippen LogP contribution in [0.2, 0.25) is 0 Å². The van der Waals surface area contributed by atoms with Crippen LogP contribution in [-0.2, 0) is 0 Å². The van der Waals surface area contributed by atoms with Crippen molar-refractivity contribution in [1.82, 2.24) is 14.8 Å². The highest BCUT2D eigenvalue weighted by molar-refractivity contribution is 7.12. The third-order valence-electron chi connectivity index (χ3n) is 5.29. The second-order valence-electron chi connectivity index (χ2n) is 7.47. The molecule has 2 heterocycles. The summed E-state index contributed by atoms with van der Waals surface area (Å²) in [6.07, 6.45) is 0. The van der Waals surface area contributed by atoms with Crippen molar-refractivity contribution in [2.75, 3.05) is 19.5 Å². The number of aromatic nitrogens is 3. The van der Waals surface area contributed by atoms with E-state index in [1.54, 1.807) is 23.6 Å². The number of hydrogen-bond donors (Lipinski definition) is 5. The molecular weight excluding hydrogens is 491 g/mol. The standard InChI is InChI=1S/C23H21FN6O5S/c1-34-16-6-3-11(9-17(16)35-2)18(27-12-4-5-13(20(25)26)14(24)10-12)21-28-23(33)30(29-21)15-7-8-36-19(15)22(31)32/h3-10,18,27H,1-2H3,(H3,25,26)(H,31,32)(H,28,29,33). The molecule has 4 aromatic rings. The fourth-order valence-electron chi connectivity index (χ4n) is 3.60. The van der Waals surface area contributed by atoms with E-state index in [2.05, 4.69) is 15.4 Å². The number of carbonyl (C=O) groups is 1. The van der Waals surface area contributed by atoms with Crippen molar-refractivity contribution in [3.8, 4) is 17.2 Å². The van der Waals surface area contributed by atoms with E-state index >= 15 is 0 Å². The molecule has 1 atom stereocenters. The number of aromatic amines is 1. The normalized spacial score (nSPS) is 11.6. The number of benzene rings is 2. The largest absolute Gasteiger partial charge is 0.493 e. The minimum absolute atomic E-state index is 0.0485. The number of nitrogens with zero attached hydrogens (tertiary/aromatic N) is 2. The molecular formula is C23H21FN6O5S. The molecule has 0 aliphatic rings. The molecule has 0 aliphatic heterocycles. The Bertz CT molecular complexity index is 1510. The van der Waals surface area contributed by atoms with E-state index in [0.29, 0.717) is 22.7 Å². The fraction of sp³-hybridized carbons (Fsp3) is 0.130. The minimum atomic E-state index is -1.19. The Labute approximate surface area is 207 Å². The Morgan fingerprint density at radius 1 is 1.22 bits per heavy atom. The zero-order chi connectivity index (χ0) is 26.0. The summed E-state index contributed by atoms with van der Waals surface area (Å²) in [5.74, 6) is -1.30. The molecule has 6 N–H and O–H groups in total. The van der Waals surface area contributed by atoms with Gasteiger partial charge in [0.05, 0.1) is 25.5 Å². The van der Waals surface area contributed by atoms with E-state index in [-0.39, 0.29) is 22.0 Å². The Hall–Kier alpha value is -4.65. The first kappa shape index (κ1) is 24.5. The SMILES string of the molecule is COc1ccc(C(Nc2ccc(C(=N)N)c(F)c2)c2nn(-c3ccsc3C(=O)O)c(=O)[nH]2)cc1OC. The van der Waals surface area contributed by atoms with Gasteiger partial charge in [-0.25, -0.2) is 14.0 Å². The number of aromatic carboxylic acids is 1. The number of halogens is 1. The number of amidine groups is 1. The molecule has 13 heteroatoms. The van der Waals surface area contributed by atoms with E-state index in [0.717, 1.165) is 16.0 Å². The number of ether oxygens (including phenoxy) is 2. The zero-order valence-corrected chi connectivity index (χ0v) is 19.9. The van der Waals surface area contributed by atoms with Gasteiger partial charge in [0.15, 0.2) is 17.3 Å². The number of nitrogen functional groups attached to an aromatic ring is 1. The first-order valence-electron chi connectivity index (χ1n) is 10.4. The average Bonchev–Trinajstić information content (AvgIpc) is 3.48. The smallest absolute Gasteiger partial charge is 0.348 e. The van der Waals surface area contributed by atoms with Gasteiger partial charge in [0.1, 0.15) is 22.6 Å². The van der Waals surface area contributed by atoms with Gasteiger partial charge in [0, 0.05) is 5.69 Å². The Balaban J connectivity index is 1.83. The van der Waals surface area contributed by atoms with E-state index in [1.807, 2.05) is 0 Å². The third kappa shape index (κ3) is 4.63. The molecule has 0 aliphatic carbocycles. The number of H-pyrrole nitrogens is 1. The van der Waals surface area contributed by atoms with Gasteiger partial charge in [-0.15, -0.1) is 16.4 Å². The van der Waals surface area contributed by atoms with Crippen LogP contribution >= 0.6 is 11.3 Å². The van der Waals surface area contributed by atoms with Crippen molar-refractivity contribution in [3.63, 3.8) is 0 Å². The fourth-order valence-corrected chi connectivity index (χ4v) is 4.30. The molecule has 4 rings (SSSR count). The molecule has 1 unspecified atom stereocenters. The Morgan fingerprint density at radius 3 is 2.61 bits per heavy atom. The van der Waals surface area contributed by atoms with Crippen molar-refractivity contribution < 1.29 is 23.8 Å². The summed E-state index contributed by atoms with van der Waals surface area (Å²) >= 11 is 0.964. The number of methoxy groups -OCH3 is 2. The quantitative estimate of drug-likeness (QED) is 0.168. The summed E-state index contributed by atoms with van der Waals surface area (Å²) < 4.78 is 26.2. The molecule has 0 fully saturated rings. The highest BCUT2D eigenvalue weighted by Crippen LogP contribution is 2.33. The second kappa shape index (κ2) is 9.92. The third-order valence-corrected chi connectivity index (χ3v) is 6.18. The highest BCUT2D eigenvalue weighted by atomic mass is 32.1. The van der Waals surface area contributed by atoms with E-state index in [4.69, 9.17) is 20.6 Å². The molecule has 2 aromatic carbocycles. The number of rotatable bonds is 9. The van der Waals surface area contributed by atoms with Crippen molar-refractivity contribution in [2.24, 2.45) is 5.73 Å². The summed E-state index contributed by atoms with van der Waals surface area (Å²) in [5, 5.41) is 25.9. The van der Waals surface area contributed by atoms with E-state index < -0.39 is 29.4 Å². The second-order valence-corrected chi connectivity index (χ2v) is 8.38. The van der Waals surface area contributed by atoms with Gasteiger partial charge in [-0.1, -0.05) is 6.07 Å². The van der Waals surface area contributed by atoms with Crippen LogP contribution in [0.1, 0.15) is 32.7 Å². The molecule has 11 nitrogen and oxygen atoms in total. The lowest BCUT2D eigenvalue weighted by molar-refractivity contribution is 0.0702. The number of carboxylic acids is 1. The molecule has 0 bridgehead atoms. The predicted octanol–water partition coefficient (Wildman–Crippen LogP) is 2.96. The zero-order valence-electron chi connectivity index (χ0n) is 19.0. The first-order valence-corrected chi connectivity index (χ1v) is 11.2. The number of nitrogens with one attached hydrogen (secondary N) is 3. The average molecular weight is 513 g/mol. The van der Waals surface area contributed by atoms with Crippen molar-refractivity contribution >= 4 is 28.8 Å². The van der Waals surface area contributed by atoms with Crippen LogP contribution in [0, 0.1) is 11.2 Å². The van der Waals surface area contributed by atoms with Gasteiger partial charge < -0.3 is 25.6 Å². The number of nitrogens with two attached hydrogens (primary N) is 1. The lowest BCUT2D eigenvalue weighted by Gasteiger charge is -2.20. The summed E-state index contributed by atoms with van der Waals surface area (Å²) in [7, 11) is 2.97. The maximum Gasteiger partial charge on any atom is 0.348 e. The number of hydrogen-bond acceptors (Lipinski definition) is 8. The van der Waals surface area contributed by atoms with Gasteiger partial charge in [0.25, 0.3) is 0 Å². The molecule has 0 saturated carbocycles. The monoisotopic (exact) mass is 512 g/mol. The van der Waals surface area contributed by atoms with Gasteiger partial charge in [-0.05, 0) is 47.3 Å². The lowest BCUT2D eigenvalue weighted by Crippen LogP contribution is -2.17. The molecule has 36 heavy (non-hydrogen) atoms. The molecule has 0 radical (unpaired) electrons. The Morgan fingerprint density at radius 2 is 1.97 bits per heavy atom. The number of carboxylic acid groups (broad SMARTS) is 1. The van der Waals surface area contributed by atoms with Crippen LogP contribution < -0.4 is 26.2 Å². The van der Waals surface area contributed by atoms with Crippen LogP contribution in [0.4, 0.5) is 10.1 Å². The van der Waals surface area contributed by atoms with Gasteiger partial charge in [-0.3, -0.25) is 10.4 Å². The number of thiophene rings is 1. The topological polar surface area (TPSA) is 168 Å². The van der Waals surface area contributed by atoms with Crippen molar-refractivity contribution in [1.29, 1.82) is 5.41 Å². The lowest BCUT2D eigenvalue weighted by atomic mass is 10.0. The number of anilines is 1. The van der Waals surface area contributed by atoms with E-state index in [1.165, 1.54) is 38.5 Å². The maximum atomic E-state index is 14.5. The Kier molecular flexibility index (Phi) is 6.74. The molecule has 0 saturated heterocycles. The molecule has 2 aromatic heterocycles. The van der Waals surface area contributed by atoms with Gasteiger partial charge >= 0.3 is 11.7 Å². The van der Waals surface area contributed by atoms with Crippen LogP contribution in [0.3, 0.4) is 0 Å². The van der Waals surface area contributed by atoms with Gasteiger partial charge in [0.2, 0.25) is 0 Å². The summed E-state index contributed by atoms with van der Waals surface area (Å²) in [4.78, 5) is 27.0. The molecule has 0 spiro atoms. The summed E-state index contributed by atoms with van der Waals surface area (Å²) in [6.45, 7) is 0. The summed E-state index contributed by atoms with van der Waals surface area (Å²) in [6, 6.07) is 9.76. The van der Waals surface area contributed by atoms with E-state index in [9.17, 15) is 19.1 Å². The maximum absolute atomic E-state index is 14.5. The van der Waals surface area contributed by atoms with Crippen LogP contribution in [0.25, 0.3) is 5.69 Å².